The molecular formula is C21H26N2O2S. The van der Waals surface area contributed by atoms with Gasteiger partial charge in [-0.1, -0.05) is 12.7 Å². The summed E-state index contributed by atoms with van der Waals surface area (Å²) in [5, 5.41) is 6.27. The average Bonchev–Trinajstić information content (AvgIpc) is 3.02. The van der Waals surface area contributed by atoms with Crippen LogP contribution in [0.25, 0.3) is 10.1 Å². The van der Waals surface area contributed by atoms with Gasteiger partial charge in [0, 0.05) is 34.2 Å². The standard InChI is InChI=1S/C21H26N2O2S/c1-2-10-25-18-12-16(13-19-17(18)5-11-26-19)20(24)22-14-21(6-7-21)15-23-8-3-4-9-23/h2,5,11-13H,1,3-4,6-10,14-15H2,(H,22,24). The van der Waals surface area contributed by atoms with Gasteiger partial charge in [-0.25, -0.2) is 0 Å². The van der Waals surface area contributed by atoms with E-state index in [1.54, 1.807) is 17.4 Å². The quantitative estimate of drug-likeness (QED) is 0.712. The van der Waals surface area contributed by atoms with Crippen LogP contribution in [0.2, 0.25) is 0 Å². The Morgan fingerprint density at radius 3 is 2.88 bits per heavy atom. The van der Waals surface area contributed by atoms with Crippen LogP contribution >= 0.6 is 11.3 Å². The maximum atomic E-state index is 12.8. The number of benzene rings is 1. The molecule has 2 fully saturated rings. The van der Waals surface area contributed by atoms with Crippen LogP contribution in [0.3, 0.4) is 0 Å². The third-order valence-electron chi connectivity index (χ3n) is 5.49. The van der Waals surface area contributed by atoms with Crippen LogP contribution in [0.4, 0.5) is 0 Å². The highest BCUT2D eigenvalue weighted by Gasteiger charge is 2.44. The average molecular weight is 371 g/mol. The number of fused-ring (bicyclic) bond motifs is 1. The number of ether oxygens (including phenoxy) is 1. The van der Waals surface area contributed by atoms with E-state index >= 15 is 0 Å². The van der Waals surface area contributed by atoms with Gasteiger partial charge in [-0.2, -0.15) is 0 Å². The molecule has 2 aromatic rings. The topological polar surface area (TPSA) is 41.6 Å². The van der Waals surface area contributed by atoms with Crippen molar-refractivity contribution in [2.45, 2.75) is 25.7 Å². The molecule has 4 rings (SSSR count). The molecule has 1 aromatic carbocycles. The summed E-state index contributed by atoms with van der Waals surface area (Å²) in [6.07, 6.45) is 6.80. The van der Waals surface area contributed by atoms with E-state index in [0.29, 0.717) is 17.6 Å². The lowest BCUT2D eigenvalue weighted by Crippen LogP contribution is -2.37. The van der Waals surface area contributed by atoms with Crippen molar-refractivity contribution < 1.29 is 9.53 Å². The number of amides is 1. The van der Waals surface area contributed by atoms with E-state index in [4.69, 9.17) is 4.74 Å². The Labute approximate surface area is 158 Å². The number of carbonyl (C=O) groups excluding carboxylic acids is 1. The Kier molecular flexibility index (Phi) is 5.00. The third kappa shape index (κ3) is 3.79. The zero-order chi connectivity index (χ0) is 18.0. The first kappa shape index (κ1) is 17.6. The lowest BCUT2D eigenvalue weighted by Gasteiger charge is -2.23. The number of likely N-dealkylation sites (tertiary alicyclic amines) is 1. The first-order chi connectivity index (χ1) is 12.7. The highest BCUT2D eigenvalue weighted by Crippen LogP contribution is 2.46. The first-order valence-corrected chi connectivity index (χ1v) is 10.3. The molecule has 5 heteroatoms. The normalized spacial score (nSPS) is 18.8. The minimum absolute atomic E-state index is 0.00329. The number of nitrogens with one attached hydrogen (secondary N) is 1. The summed E-state index contributed by atoms with van der Waals surface area (Å²) in [6, 6.07) is 5.86. The number of nitrogens with zero attached hydrogens (tertiary/aromatic N) is 1. The van der Waals surface area contributed by atoms with E-state index in [1.807, 2.05) is 23.6 Å². The highest BCUT2D eigenvalue weighted by atomic mass is 32.1. The van der Waals surface area contributed by atoms with Gasteiger partial charge in [0.2, 0.25) is 0 Å². The van der Waals surface area contributed by atoms with Crippen molar-refractivity contribution in [1.29, 1.82) is 0 Å². The number of hydrogen-bond acceptors (Lipinski definition) is 4. The molecule has 2 heterocycles. The minimum atomic E-state index is -0.00329. The zero-order valence-corrected chi connectivity index (χ0v) is 15.9. The first-order valence-electron chi connectivity index (χ1n) is 9.45. The molecule has 1 saturated carbocycles. The van der Waals surface area contributed by atoms with Crippen molar-refractivity contribution in [3.63, 3.8) is 0 Å². The molecule has 0 atom stereocenters. The fourth-order valence-corrected chi connectivity index (χ4v) is 4.63. The molecule has 26 heavy (non-hydrogen) atoms. The number of thiophene rings is 1. The Morgan fingerprint density at radius 2 is 2.15 bits per heavy atom. The molecule has 1 saturated heterocycles. The molecule has 138 valence electrons. The predicted molar refractivity (Wildman–Crippen MR) is 107 cm³/mol. The SMILES string of the molecule is C=CCOc1cc(C(=O)NCC2(CN3CCCC3)CC2)cc2sccc12. The van der Waals surface area contributed by atoms with Gasteiger partial charge < -0.3 is 15.0 Å². The summed E-state index contributed by atoms with van der Waals surface area (Å²) in [6.45, 7) is 8.48. The van der Waals surface area contributed by atoms with Gasteiger partial charge in [0.1, 0.15) is 12.4 Å². The number of carbonyl (C=O) groups is 1. The van der Waals surface area contributed by atoms with Crippen LogP contribution in [0, 0.1) is 5.41 Å². The molecule has 0 radical (unpaired) electrons. The second kappa shape index (κ2) is 7.41. The molecule has 0 spiro atoms. The lowest BCUT2D eigenvalue weighted by atomic mass is 10.1. The van der Waals surface area contributed by atoms with Gasteiger partial charge in [0.25, 0.3) is 5.91 Å². The highest BCUT2D eigenvalue weighted by molar-refractivity contribution is 7.17. The largest absolute Gasteiger partial charge is 0.489 e. The van der Waals surface area contributed by atoms with Crippen molar-refractivity contribution in [1.82, 2.24) is 10.2 Å². The molecule has 1 aromatic heterocycles. The smallest absolute Gasteiger partial charge is 0.251 e. The second-order valence-electron chi connectivity index (χ2n) is 7.57. The van der Waals surface area contributed by atoms with Gasteiger partial charge in [-0.3, -0.25) is 4.79 Å². The Hall–Kier alpha value is -1.85. The summed E-state index contributed by atoms with van der Waals surface area (Å²) in [5.74, 6) is 0.753. The maximum absolute atomic E-state index is 12.8. The van der Waals surface area contributed by atoms with Crippen molar-refractivity contribution >= 4 is 27.3 Å². The fraction of sp³-hybridized carbons (Fsp3) is 0.476. The lowest BCUT2D eigenvalue weighted by molar-refractivity contribution is 0.0940. The van der Waals surface area contributed by atoms with E-state index in [2.05, 4.69) is 16.8 Å². The Morgan fingerprint density at radius 1 is 1.35 bits per heavy atom. The van der Waals surface area contributed by atoms with Crippen molar-refractivity contribution in [2.75, 3.05) is 32.8 Å². The van der Waals surface area contributed by atoms with E-state index in [9.17, 15) is 4.79 Å². The summed E-state index contributed by atoms with van der Waals surface area (Å²) < 4.78 is 6.84. The van der Waals surface area contributed by atoms with Gasteiger partial charge in [0.05, 0.1) is 0 Å². The summed E-state index contributed by atoms with van der Waals surface area (Å²) in [7, 11) is 0. The maximum Gasteiger partial charge on any atom is 0.251 e. The number of hydrogen-bond donors (Lipinski definition) is 1. The second-order valence-corrected chi connectivity index (χ2v) is 8.52. The van der Waals surface area contributed by atoms with Crippen LogP contribution in [-0.2, 0) is 0 Å². The van der Waals surface area contributed by atoms with Crippen molar-refractivity contribution in [3.8, 4) is 5.75 Å². The monoisotopic (exact) mass is 370 g/mol. The van der Waals surface area contributed by atoms with E-state index in [1.165, 1.54) is 38.8 Å². The summed E-state index contributed by atoms with van der Waals surface area (Å²) >= 11 is 1.63. The van der Waals surface area contributed by atoms with E-state index in [0.717, 1.165) is 28.9 Å². The third-order valence-corrected chi connectivity index (χ3v) is 6.36. The molecule has 1 aliphatic heterocycles. The zero-order valence-electron chi connectivity index (χ0n) is 15.1. The van der Waals surface area contributed by atoms with E-state index in [-0.39, 0.29) is 5.91 Å². The molecule has 0 unspecified atom stereocenters. The Balaban J connectivity index is 1.43. The molecule has 1 N–H and O–H groups in total. The van der Waals surface area contributed by atoms with Crippen LogP contribution in [-0.4, -0.2) is 43.6 Å². The van der Waals surface area contributed by atoms with Gasteiger partial charge in [0.15, 0.2) is 0 Å². The predicted octanol–water partition coefficient (Wildman–Crippen LogP) is 4.07. The van der Waals surface area contributed by atoms with Crippen LogP contribution in [0.1, 0.15) is 36.0 Å². The Bertz CT molecular complexity index is 803. The van der Waals surface area contributed by atoms with Crippen LogP contribution < -0.4 is 10.1 Å². The van der Waals surface area contributed by atoms with Crippen LogP contribution in [0.15, 0.2) is 36.2 Å². The van der Waals surface area contributed by atoms with Crippen LogP contribution in [0.5, 0.6) is 5.75 Å². The molecular weight excluding hydrogens is 344 g/mol. The molecule has 0 bridgehead atoms. The minimum Gasteiger partial charge on any atom is -0.489 e. The van der Waals surface area contributed by atoms with Gasteiger partial charge in [-0.05, 0) is 62.4 Å². The van der Waals surface area contributed by atoms with E-state index < -0.39 is 0 Å². The molecule has 2 aliphatic rings. The van der Waals surface area contributed by atoms with Gasteiger partial charge >= 0.3 is 0 Å². The molecule has 1 amide bonds. The number of rotatable bonds is 8. The van der Waals surface area contributed by atoms with Gasteiger partial charge in [-0.15, -0.1) is 11.3 Å². The molecule has 4 nitrogen and oxygen atoms in total. The summed E-state index contributed by atoms with van der Waals surface area (Å²) in [4.78, 5) is 15.3. The molecule has 1 aliphatic carbocycles. The summed E-state index contributed by atoms with van der Waals surface area (Å²) in [5.41, 5.74) is 0.978. The fourth-order valence-electron chi connectivity index (χ4n) is 3.79. The van der Waals surface area contributed by atoms with Crippen molar-refractivity contribution in [2.24, 2.45) is 5.41 Å². The van der Waals surface area contributed by atoms with Crippen molar-refractivity contribution in [3.05, 3.63) is 41.8 Å².